The maximum atomic E-state index is 13.2. The molecule has 0 saturated carbocycles. The van der Waals surface area contributed by atoms with Crippen molar-refractivity contribution in [1.29, 1.82) is 0 Å². The Morgan fingerprint density at radius 1 is 0.788 bits per heavy atom. The molecule has 0 spiro atoms. The molecule has 0 bridgehead atoms. The second-order valence-corrected chi connectivity index (χ2v) is 10.5. The summed E-state index contributed by atoms with van der Waals surface area (Å²) in [5, 5.41) is 0. The molecule has 2 fully saturated rings. The largest absolute Gasteiger partial charge is 0.373 e. The van der Waals surface area contributed by atoms with Crippen molar-refractivity contribution < 1.29 is 22.7 Å². The minimum atomic E-state index is -3.74. The molecule has 176 valence electrons. The number of ether oxygens (including phenoxy) is 1. The first-order valence-electron chi connectivity index (χ1n) is 11.1. The van der Waals surface area contributed by atoms with Crippen LogP contribution in [-0.2, 0) is 14.8 Å². The van der Waals surface area contributed by atoms with E-state index < -0.39 is 10.0 Å². The molecule has 2 aliphatic rings. The van der Waals surface area contributed by atoms with Crippen molar-refractivity contribution in [2.45, 2.75) is 31.0 Å². The van der Waals surface area contributed by atoms with E-state index in [0.29, 0.717) is 37.3 Å². The first-order valence-corrected chi connectivity index (χ1v) is 12.6. The van der Waals surface area contributed by atoms with Crippen LogP contribution in [-0.4, -0.2) is 85.8 Å². The monoisotopic (exact) mass is 471 g/mol. The number of carbonyl (C=O) groups excluding carboxylic acids is 2. The van der Waals surface area contributed by atoms with E-state index in [9.17, 15) is 18.0 Å². The fourth-order valence-corrected chi connectivity index (χ4v) is 5.96. The van der Waals surface area contributed by atoms with Crippen LogP contribution in [0.5, 0.6) is 0 Å². The third kappa shape index (κ3) is 5.10. The summed E-state index contributed by atoms with van der Waals surface area (Å²) < 4.78 is 33.4. The molecule has 8 nitrogen and oxygen atoms in total. The highest BCUT2D eigenvalue weighted by atomic mass is 32.2. The molecule has 2 atom stereocenters. The molecular weight excluding hydrogens is 442 g/mol. The van der Waals surface area contributed by atoms with E-state index in [4.69, 9.17) is 4.74 Å². The maximum absolute atomic E-state index is 13.2. The van der Waals surface area contributed by atoms with E-state index in [0.717, 1.165) is 0 Å². The fourth-order valence-electron chi connectivity index (χ4n) is 4.32. The second kappa shape index (κ2) is 9.62. The van der Waals surface area contributed by atoms with Gasteiger partial charge in [-0.1, -0.05) is 24.3 Å². The SMILES string of the molecule is CC1CN(S(=O)(=O)c2cccc(C(=O)N3CCN(C(=O)c4ccccc4)CC3)c2)CC(C)O1. The zero-order chi connectivity index (χ0) is 23.6. The highest BCUT2D eigenvalue weighted by Gasteiger charge is 2.33. The number of nitrogens with zero attached hydrogens (tertiary/aromatic N) is 3. The summed E-state index contributed by atoms with van der Waals surface area (Å²) in [6, 6.07) is 15.3. The Bertz CT molecular complexity index is 1100. The van der Waals surface area contributed by atoms with E-state index >= 15 is 0 Å². The third-order valence-corrected chi connectivity index (χ3v) is 7.81. The van der Waals surface area contributed by atoms with Gasteiger partial charge >= 0.3 is 0 Å². The number of amides is 2. The molecule has 0 radical (unpaired) electrons. The number of piperazine rings is 1. The van der Waals surface area contributed by atoms with Gasteiger partial charge in [0.25, 0.3) is 11.8 Å². The average Bonchev–Trinajstić information content (AvgIpc) is 2.83. The number of morpholine rings is 1. The van der Waals surface area contributed by atoms with E-state index in [1.807, 2.05) is 32.0 Å². The topological polar surface area (TPSA) is 87.2 Å². The van der Waals surface area contributed by atoms with Crippen LogP contribution in [0.2, 0.25) is 0 Å². The van der Waals surface area contributed by atoms with E-state index in [2.05, 4.69) is 0 Å². The predicted molar refractivity (Wildman–Crippen MR) is 123 cm³/mol. The van der Waals surface area contributed by atoms with Crippen LogP contribution in [0.4, 0.5) is 0 Å². The highest BCUT2D eigenvalue weighted by Crippen LogP contribution is 2.23. The Kier molecular flexibility index (Phi) is 6.83. The molecule has 33 heavy (non-hydrogen) atoms. The number of rotatable bonds is 4. The smallest absolute Gasteiger partial charge is 0.254 e. The van der Waals surface area contributed by atoms with Gasteiger partial charge in [0.1, 0.15) is 0 Å². The molecule has 4 rings (SSSR count). The number of benzene rings is 2. The summed E-state index contributed by atoms with van der Waals surface area (Å²) in [4.78, 5) is 29.2. The van der Waals surface area contributed by atoms with Crippen molar-refractivity contribution in [3.05, 3.63) is 65.7 Å². The van der Waals surface area contributed by atoms with Crippen molar-refractivity contribution in [2.24, 2.45) is 0 Å². The summed E-state index contributed by atoms with van der Waals surface area (Å²) in [5.74, 6) is -0.285. The quantitative estimate of drug-likeness (QED) is 0.682. The normalized spacial score (nSPS) is 22.2. The van der Waals surface area contributed by atoms with Crippen LogP contribution in [0.15, 0.2) is 59.5 Å². The maximum Gasteiger partial charge on any atom is 0.254 e. The lowest BCUT2D eigenvalue weighted by Gasteiger charge is -2.35. The molecular formula is C24H29N3O5S. The van der Waals surface area contributed by atoms with Gasteiger partial charge in [0.15, 0.2) is 0 Å². The molecule has 9 heteroatoms. The van der Waals surface area contributed by atoms with Crippen LogP contribution < -0.4 is 0 Å². The zero-order valence-electron chi connectivity index (χ0n) is 18.9. The van der Waals surface area contributed by atoms with Gasteiger partial charge in [0.2, 0.25) is 10.0 Å². The van der Waals surface area contributed by atoms with Crippen LogP contribution in [0, 0.1) is 0 Å². The summed E-state index contributed by atoms with van der Waals surface area (Å²) >= 11 is 0. The molecule has 0 N–H and O–H groups in total. The zero-order valence-corrected chi connectivity index (χ0v) is 19.7. The summed E-state index contributed by atoms with van der Waals surface area (Å²) in [6.45, 7) is 5.91. The molecule has 2 heterocycles. The Morgan fingerprint density at radius 3 is 1.88 bits per heavy atom. The van der Waals surface area contributed by atoms with Gasteiger partial charge in [-0.15, -0.1) is 0 Å². The summed E-state index contributed by atoms with van der Waals surface area (Å²) in [7, 11) is -3.74. The number of hydrogen-bond donors (Lipinski definition) is 0. The van der Waals surface area contributed by atoms with Crippen LogP contribution >= 0.6 is 0 Å². The first-order chi connectivity index (χ1) is 15.8. The molecule has 2 aliphatic heterocycles. The van der Waals surface area contributed by atoms with Crippen molar-refractivity contribution in [1.82, 2.24) is 14.1 Å². The average molecular weight is 472 g/mol. The van der Waals surface area contributed by atoms with E-state index in [-0.39, 0.29) is 42.0 Å². The molecule has 0 aromatic heterocycles. The minimum absolute atomic E-state index is 0.0512. The van der Waals surface area contributed by atoms with Gasteiger partial charge in [0.05, 0.1) is 17.1 Å². The second-order valence-electron chi connectivity index (χ2n) is 8.56. The van der Waals surface area contributed by atoms with Gasteiger partial charge in [-0.3, -0.25) is 9.59 Å². The Morgan fingerprint density at radius 2 is 1.30 bits per heavy atom. The number of sulfonamides is 1. The van der Waals surface area contributed by atoms with Crippen molar-refractivity contribution >= 4 is 21.8 Å². The highest BCUT2D eigenvalue weighted by molar-refractivity contribution is 7.89. The van der Waals surface area contributed by atoms with Crippen molar-refractivity contribution in [2.75, 3.05) is 39.3 Å². The Labute approximate surface area is 194 Å². The number of carbonyl (C=O) groups is 2. The van der Waals surface area contributed by atoms with E-state index in [1.54, 1.807) is 34.1 Å². The third-order valence-electron chi connectivity index (χ3n) is 5.98. The molecule has 2 saturated heterocycles. The molecule has 2 aromatic rings. The van der Waals surface area contributed by atoms with Crippen LogP contribution in [0.3, 0.4) is 0 Å². The molecule has 2 amide bonds. The molecule has 2 aromatic carbocycles. The standard InChI is InChI=1S/C24H29N3O5S/c1-18-16-27(17-19(2)32-18)33(30,31)22-10-6-9-21(15-22)24(29)26-13-11-25(12-14-26)23(28)20-7-4-3-5-8-20/h3-10,15,18-19H,11-14,16-17H2,1-2H3. The van der Waals surface area contributed by atoms with Crippen LogP contribution in [0.1, 0.15) is 34.6 Å². The Hall–Kier alpha value is -2.75. The minimum Gasteiger partial charge on any atom is -0.373 e. The predicted octanol–water partition coefficient (Wildman–Crippen LogP) is 2.08. The molecule has 0 aliphatic carbocycles. The van der Waals surface area contributed by atoms with Gasteiger partial charge < -0.3 is 14.5 Å². The van der Waals surface area contributed by atoms with Crippen molar-refractivity contribution in [3.8, 4) is 0 Å². The van der Waals surface area contributed by atoms with Crippen molar-refractivity contribution in [3.63, 3.8) is 0 Å². The van der Waals surface area contributed by atoms with Gasteiger partial charge in [0, 0.05) is 50.4 Å². The van der Waals surface area contributed by atoms with E-state index in [1.165, 1.54) is 16.4 Å². The van der Waals surface area contributed by atoms with Gasteiger partial charge in [-0.2, -0.15) is 4.31 Å². The molecule has 2 unspecified atom stereocenters. The van der Waals surface area contributed by atoms with Gasteiger partial charge in [-0.25, -0.2) is 8.42 Å². The lowest BCUT2D eigenvalue weighted by Crippen LogP contribution is -2.50. The fraction of sp³-hybridized carbons (Fsp3) is 0.417. The number of hydrogen-bond acceptors (Lipinski definition) is 5. The summed E-state index contributed by atoms with van der Waals surface area (Å²) in [6.07, 6.45) is -0.383. The van der Waals surface area contributed by atoms with Crippen LogP contribution in [0.25, 0.3) is 0 Å². The van der Waals surface area contributed by atoms with Gasteiger partial charge in [-0.05, 0) is 44.2 Å². The lowest BCUT2D eigenvalue weighted by atomic mass is 10.1. The first kappa shape index (κ1) is 23.4. The summed E-state index contributed by atoms with van der Waals surface area (Å²) in [5.41, 5.74) is 0.954. The Balaban J connectivity index is 1.44. The lowest BCUT2D eigenvalue weighted by molar-refractivity contribution is -0.0440.